The zero-order chi connectivity index (χ0) is 29.9. The summed E-state index contributed by atoms with van der Waals surface area (Å²) in [7, 11) is 1.81. The lowest BCUT2D eigenvalue weighted by molar-refractivity contribution is -0.142. The van der Waals surface area contributed by atoms with Gasteiger partial charge >= 0.3 is 6.09 Å². The number of carbonyl (C=O) groups is 4. The first-order valence-corrected chi connectivity index (χ1v) is 14.2. The smallest absolute Gasteiger partial charge is 0.409 e. The second-order valence-electron chi connectivity index (χ2n) is 11.7. The number of hydrogen-bond acceptors (Lipinski definition) is 4. The topological polar surface area (TPSA) is 112 Å². The van der Waals surface area contributed by atoms with Crippen molar-refractivity contribution in [3.05, 3.63) is 71.9 Å². The molecule has 3 atom stereocenters. The summed E-state index contributed by atoms with van der Waals surface area (Å²) >= 11 is 0. The van der Waals surface area contributed by atoms with Gasteiger partial charge in [0.2, 0.25) is 5.78 Å². The summed E-state index contributed by atoms with van der Waals surface area (Å²) in [5, 5.41) is 14.2. The van der Waals surface area contributed by atoms with Gasteiger partial charge in [0.15, 0.2) is 0 Å². The number of rotatable bonds is 10. The molecule has 0 bridgehead atoms. The van der Waals surface area contributed by atoms with Crippen molar-refractivity contribution in [2.45, 2.75) is 71.6 Å². The van der Waals surface area contributed by atoms with Crippen LogP contribution < -0.4 is 5.32 Å². The number of para-hydroxylation sites is 1. The summed E-state index contributed by atoms with van der Waals surface area (Å²) in [6.07, 6.45) is -0.448. The van der Waals surface area contributed by atoms with Gasteiger partial charge < -0.3 is 19.9 Å². The van der Waals surface area contributed by atoms with Gasteiger partial charge in [-0.05, 0) is 42.9 Å². The summed E-state index contributed by atoms with van der Waals surface area (Å²) < 4.78 is 1.81. The maximum absolute atomic E-state index is 14.0. The number of nitrogens with one attached hydrogen (secondary N) is 1. The highest BCUT2D eigenvalue weighted by molar-refractivity contribution is 6.38. The predicted molar refractivity (Wildman–Crippen MR) is 157 cm³/mol. The van der Waals surface area contributed by atoms with Crippen LogP contribution in [-0.4, -0.2) is 61.9 Å². The van der Waals surface area contributed by atoms with E-state index in [-0.39, 0.29) is 12.3 Å². The number of Topliss-reactive ketones (excluding diaryl/α,β-unsaturated/α-hetero) is 1. The monoisotopic (exact) mass is 560 g/mol. The van der Waals surface area contributed by atoms with E-state index in [0.717, 1.165) is 21.4 Å². The third-order valence-corrected chi connectivity index (χ3v) is 8.01. The fraction of sp³-hybridized carbons (Fsp3) is 0.438. The highest BCUT2D eigenvalue weighted by Crippen LogP contribution is 2.38. The van der Waals surface area contributed by atoms with Crippen LogP contribution in [-0.2, 0) is 16.6 Å². The van der Waals surface area contributed by atoms with Crippen LogP contribution in [0, 0.1) is 5.41 Å². The Balaban J connectivity index is 1.67. The van der Waals surface area contributed by atoms with E-state index in [1.54, 1.807) is 11.8 Å². The SMILES string of the molecule is CCCC[C@@H](C(=O)C(=O)NC(C)c1ccccc1)N(C(=O)O)C1CC(C)(C)CN1C(=O)c1cc2ccccc2n1C. The third-order valence-electron chi connectivity index (χ3n) is 8.01. The Hall–Kier alpha value is -4.14. The molecule has 0 spiro atoms. The lowest BCUT2D eigenvalue weighted by atomic mass is 9.91. The molecule has 0 radical (unpaired) electrons. The van der Waals surface area contributed by atoms with Crippen LogP contribution in [0.15, 0.2) is 60.7 Å². The van der Waals surface area contributed by atoms with Crippen molar-refractivity contribution >= 4 is 34.6 Å². The lowest BCUT2D eigenvalue weighted by Crippen LogP contribution is -2.58. The Labute approximate surface area is 241 Å². The van der Waals surface area contributed by atoms with E-state index in [2.05, 4.69) is 5.32 Å². The highest BCUT2D eigenvalue weighted by Gasteiger charge is 2.49. The molecular formula is C32H40N4O5. The molecule has 218 valence electrons. The van der Waals surface area contributed by atoms with Crippen molar-refractivity contribution in [3.8, 4) is 0 Å². The number of fused-ring (bicyclic) bond motifs is 1. The van der Waals surface area contributed by atoms with Gasteiger partial charge in [-0.25, -0.2) is 4.79 Å². The molecule has 1 aliphatic heterocycles. The Morgan fingerprint density at radius 2 is 1.73 bits per heavy atom. The molecule has 1 aliphatic rings. The number of aromatic nitrogens is 1. The summed E-state index contributed by atoms with van der Waals surface area (Å²) in [5.74, 6) is -1.96. The zero-order valence-electron chi connectivity index (χ0n) is 24.5. The van der Waals surface area contributed by atoms with Gasteiger partial charge in [-0.2, -0.15) is 0 Å². The molecule has 4 rings (SSSR count). The minimum absolute atomic E-state index is 0.182. The van der Waals surface area contributed by atoms with E-state index in [1.807, 2.05) is 93.0 Å². The van der Waals surface area contributed by atoms with Crippen molar-refractivity contribution < 1.29 is 24.3 Å². The number of hydrogen-bond donors (Lipinski definition) is 2. The first-order chi connectivity index (χ1) is 19.4. The van der Waals surface area contributed by atoms with E-state index in [9.17, 15) is 24.3 Å². The van der Waals surface area contributed by atoms with Crippen LogP contribution in [0.1, 0.15) is 75.5 Å². The van der Waals surface area contributed by atoms with E-state index in [0.29, 0.717) is 31.5 Å². The largest absolute Gasteiger partial charge is 0.465 e. The number of aryl methyl sites for hydroxylation is 1. The van der Waals surface area contributed by atoms with Crippen LogP contribution in [0.25, 0.3) is 10.9 Å². The van der Waals surface area contributed by atoms with Gasteiger partial charge in [0.25, 0.3) is 11.8 Å². The van der Waals surface area contributed by atoms with E-state index >= 15 is 0 Å². The summed E-state index contributed by atoms with van der Waals surface area (Å²) in [4.78, 5) is 56.4. The number of carboxylic acid groups (broad SMARTS) is 1. The molecule has 0 saturated carbocycles. The molecule has 41 heavy (non-hydrogen) atoms. The van der Waals surface area contributed by atoms with Crippen molar-refractivity contribution in [1.82, 2.24) is 19.7 Å². The predicted octanol–water partition coefficient (Wildman–Crippen LogP) is 5.36. The van der Waals surface area contributed by atoms with Gasteiger partial charge in [-0.1, -0.05) is 82.1 Å². The molecule has 1 aromatic heterocycles. The number of amides is 3. The molecule has 2 unspecified atom stereocenters. The van der Waals surface area contributed by atoms with Gasteiger partial charge in [-0.3, -0.25) is 19.3 Å². The van der Waals surface area contributed by atoms with Gasteiger partial charge in [0.05, 0.1) is 6.04 Å². The second-order valence-corrected chi connectivity index (χ2v) is 11.7. The van der Waals surface area contributed by atoms with Crippen LogP contribution in [0.2, 0.25) is 0 Å². The van der Waals surface area contributed by atoms with E-state index < -0.39 is 41.4 Å². The second kappa shape index (κ2) is 12.2. The van der Waals surface area contributed by atoms with Crippen molar-refractivity contribution in [2.75, 3.05) is 6.54 Å². The van der Waals surface area contributed by atoms with Crippen molar-refractivity contribution in [2.24, 2.45) is 12.5 Å². The molecule has 1 saturated heterocycles. The molecule has 3 amide bonds. The van der Waals surface area contributed by atoms with Crippen LogP contribution in [0.3, 0.4) is 0 Å². The zero-order valence-corrected chi connectivity index (χ0v) is 24.5. The molecule has 2 heterocycles. The standard InChI is InChI=1S/C32H40N4O5/c1-6-7-16-25(28(37)29(38)33-21(2)22-13-9-8-10-14-22)36(31(40)41)27-19-32(3,4)20-35(27)30(39)26-18-23-15-11-12-17-24(23)34(26)5/h8-15,17-18,21,25,27H,6-7,16,19-20H2,1-5H3,(H,33,38)(H,40,41)/t21?,25-,27?/m0/s1. The molecule has 9 heteroatoms. The summed E-state index contributed by atoms with van der Waals surface area (Å²) in [6, 6.07) is 17.1. The van der Waals surface area contributed by atoms with Crippen LogP contribution >= 0.6 is 0 Å². The van der Waals surface area contributed by atoms with Gasteiger partial charge in [0.1, 0.15) is 17.9 Å². The number of likely N-dealkylation sites (tertiary alicyclic amines) is 1. The Morgan fingerprint density at radius 1 is 1.07 bits per heavy atom. The molecule has 1 fully saturated rings. The number of unbranched alkanes of at least 4 members (excludes halogenated alkanes) is 1. The Morgan fingerprint density at radius 3 is 2.37 bits per heavy atom. The Bertz CT molecular complexity index is 1430. The first-order valence-electron chi connectivity index (χ1n) is 14.2. The quantitative estimate of drug-likeness (QED) is 0.324. The van der Waals surface area contributed by atoms with Crippen molar-refractivity contribution in [1.29, 1.82) is 0 Å². The van der Waals surface area contributed by atoms with E-state index in [4.69, 9.17) is 0 Å². The van der Waals surface area contributed by atoms with Gasteiger partial charge in [-0.15, -0.1) is 0 Å². The Kier molecular flexibility index (Phi) is 8.85. The molecule has 0 aliphatic carbocycles. The minimum Gasteiger partial charge on any atom is -0.465 e. The average Bonchev–Trinajstić information content (AvgIpc) is 3.45. The highest BCUT2D eigenvalue weighted by atomic mass is 16.4. The minimum atomic E-state index is -1.33. The first kappa shape index (κ1) is 29.8. The maximum atomic E-state index is 14.0. The number of benzene rings is 2. The van der Waals surface area contributed by atoms with E-state index in [1.165, 1.54) is 0 Å². The lowest BCUT2D eigenvalue weighted by Gasteiger charge is -2.37. The molecule has 9 nitrogen and oxygen atoms in total. The fourth-order valence-corrected chi connectivity index (χ4v) is 5.84. The normalized spacial score (nSPS) is 17.7. The number of ketones is 1. The fourth-order valence-electron chi connectivity index (χ4n) is 5.84. The number of nitrogens with zero attached hydrogens (tertiary/aromatic N) is 3. The van der Waals surface area contributed by atoms with Gasteiger partial charge in [0, 0.05) is 24.5 Å². The molecule has 2 aromatic carbocycles. The average molecular weight is 561 g/mol. The molecule has 2 N–H and O–H groups in total. The van der Waals surface area contributed by atoms with Crippen LogP contribution in [0.5, 0.6) is 0 Å². The summed E-state index contributed by atoms with van der Waals surface area (Å²) in [5.41, 5.74) is 1.76. The number of carbonyl (C=O) groups excluding carboxylic acids is 3. The summed E-state index contributed by atoms with van der Waals surface area (Å²) in [6.45, 7) is 7.99. The van der Waals surface area contributed by atoms with Crippen LogP contribution in [0.4, 0.5) is 4.79 Å². The maximum Gasteiger partial charge on any atom is 0.409 e. The van der Waals surface area contributed by atoms with Crippen molar-refractivity contribution in [3.63, 3.8) is 0 Å². The molecule has 3 aromatic rings. The molecular weight excluding hydrogens is 520 g/mol. The third kappa shape index (κ3) is 6.29.